The normalized spacial score (nSPS) is 9.96. The van der Waals surface area contributed by atoms with E-state index in [0.717, 1.165) is 10.5 Å². The highest BCUT2D eigenvalue weighted by molar-refractivity contribution is 8.00. The molecule has 2 aromatic rings. The Morgan fingerprint density at radius 3 is 2.39 bits per heavy atom. The quantitative estimate of drug-likeness (QED) is 0.798. The number of hydrogen-bond donors (Lipinski definition) is 2. The molecule has 0 bridgehead atoms. The second kappa shape index (κ2) is 8.85. The molecule has 2 amide bonds. The van der Waals surface area contributed by atoms with Crippen LogP contribution in [0.15, 0.2) is 59.5 Å². The monoisotopic (exact) mass is 330 g/mol. The van der Waals surface area contributed by atoms with Crippen molar-refractivity contribution < 1.29 is 14.3 Å². The third-order valence-electron chi connectivity index (χ3n) is 2.99. The Morgan fingerprint density at radius 1 is 1.04 bits per heavy atom. The highest BCUT2D eigenvalue weighted by atomic mass is 32.2. The average Bonchev–Trinajstić information content (AvgIpc) is 2.60. The summed E-state index contributed by atoms with van der Waals surface area (Å²) in [5.41, 5.74) is 1.60. The number of amides is 2. The molecule has 0 saturated heterocycles. The number of nitrogens with one attached hydrogen (secondary N) is 2. The Kier molecular flexibility index (Phi) is 6.50. The average molecular weight is 330 g/mol. The van der Waals surface area contributed by atoms with Crippen molar-refractivity contribution in [3.63, 3.8) is 0 Å². The minimum absolute atomic E-state index is 0.0179. The standard InChI is InChI=1S/C17H18N2O3S/c1-22-17(21)19-14-9-7-13(8-10-14)11-18-16(20)12-23-15-5-3-2-4-6-15/h2-10H,11-12H2,1H3,(H,18,20)(H,19,21). The maximum atomic E-state index is 11.8. The van der Waals surface area contributed by atoms with Crippen LogP contribution in [0.4, 0.5) is 10.5 Å². The molecular formula is C17H18N2O3S. The fourth-order valence-electron chi connectivity index (χ4n) is 1.79. The van der Waals surface area contributed by atoms with Crippen molar-refractivity contribution in [3.8, 4) is 0 Å². The van der Waals surface area contributed by atoms with Gasteiger partial charge in [0.2, 0.25) is 5.91 Å². The molecule has 2 N–H and O–H groups in total. The number of benzene rings is 2. The lowest BCUT2D eigenvalue weighted by Gasteiger charge is -2.07. The summed E-state index contributed by atoms with van der Waals surface area (Å²) >= 11 is 1.50. The first-order chi connectivity index (χ1) is 11.2. The van der Waals surface area contributed by atoms with Crippen molar-refractivity contribution in [2.75, 3.05) is 18.2 Å². The van der Waals surface area contributed by atoms with Gasteiger partial charge in [-0.1, -0.05) is 30.3 Å². The molecule has 0 spiro atoms. The zero-order valence-corrected chi connectivity index (χ0v) is 13.6. The minimum atomic E-state index is -0.510. The van der Waals surface area contributed by atoms with Gasteiger partial charge in [0.25, 0.3) is 0 Å². The largest absolute Gasteiger partial charge is 0.453 e. The number of rotatable bonds is 6. The molecule has 0 atom stereocenters. The molecule has 0 fully saturated rings. The molecule has 5 nitrogen and oxygen atoms in total. The molecule has 0 heterocycles. The van der Waals surface area contributed by atoms with Gasteiger partial charge in [0.15, 0.2) is 0 Å². The highest BCUT2D eigenvalue weighted by Gasteiger charge is 2.04. The van der Waals surface area contributed by atoms with Crippen LogP contribution in [0.1, 0.15) is 5.56 Å². The lowest BCUT2D eigenvalue weighted by atomic mass is 10.2. The van der Waals surface area contributed by atoms with Crippen LogP contribution in [0.3, 0.4) is 0 Å². The predicted octanol–water partition coefficient (Wildman–Crippen LogP) is 3.27. The number of thioether (sulfide) groups is 1. The van der Waals surface area contributed by atoms with E-state index >= 15 is 0 Å². The topological polar surface area (TPSA) is 67.4 Å². The third kappa shape index (κ3) is 6.04. The van der Waals surface area contributed by atoms with E-state index in [1.54, 1.807) is 12.1 Å². The lowest BCUT2D eigenvalue weighted by molar-refractivity contribution is -0.118. The Morgan fingerprint density at radius 2 is 1.74 bits per heavy atom. The smallest absolute Gasteiger partial charge is 0.411 e. The molecule has 0 aliphatic carbocycles. The Balaban J connectivity index is 1.74. The molecule has 0 unspecified atom stereocenters. The lowest BCUT2D eigenvalue weighted by Crippen LogP contribution is -2.24. The van der Waals surface area contributed by atoms with Crippen molar-refractivity contribution in [1.29, 1.82) is 0 Å². The second-order valence-electron chi connectivity index (χ2n) is 4.69. The minimum Gasteiger partial charge on any atom is -0.453 e. The number of carbonyl (C=O) groups is 2. The predicted molar refractivity (Wildman–Crippen MR) is 91.5 cm³/mol. The van der Waals surface area contributed by atoms with Crippen LogP contribution < -0.4 is 10.6 Å². The number of ether oxygens (including phenoxy) is 1. The molecule has 0 aliphatic heterocycles. The molecule has 0 aliphatic rings. The van der Waals surface area contributed by atoms with Gasteiger partial charge in [0, 0.05) is 17.1 Å². The summed E-state index contributed by atoms with van der Waals surface area (Å²) in [7, 11) is 1.31. The van der Waals surface area contributed by atoms with Gasteiger partial charge in [0.1, 0.15) is 0 Å². The fraction of sp³-hybridized carbons (Fsp3) is 0.176. The Hall–Kier alpha value is -2.47. The summed E-state index contributed by atoms with van der Waals surface area (Å²) in [6.07, 6.45) is -0.510. The van der Waals surface area contributed by atoms with Gasteiger partial charge in [-0.15, -0.1) is 11.8 Å². The first kappa shape index (κ1) is 16.9. The maximum Gasteiger partial charge on any atom is 0.411 e. The van der Waals surface area contributed by atoms with Gasteiger partial charge in [0.05, 0.1) is 12.9 Å². The molecule has 23 heavy (non-hydrogen) atoms. The summed E-state index contributed by atoms with van der Waals surface area (Å²) in [6, 6.07) is 17.0. The van der Waals surface area contributed by atoms with E-state index in [1.165, 1.54) is 18.9 Å². The second-order valence-corrected chi connectivity index (χ2v) is 5.74. The molecular weight excluding hydrogens is 312 g/mol. The van der Waals surface area contributed by atoms with E-state index in [2.05, 4.69) is 15.4 Å². The molecule has 2 rings (SSSR count). The molecule has 6 heteroatoms. The maximum absolute atomic E-state index is 11.8. The van der Waals surface area contributed by atoms with Gasteiger partial charge in [-0.2, -0.15) is 0 Å². The van der Waals surface area contributed by atoms with Crippen LogP contribution in [0, 0.1) is 0 Å². The van der Waals surface area contributed by atoms with Gasteiger partial charge in [-0.25, -0.2) is 4.79 Å². The number of hydrogen-bond acceptors (Lipinski definition) is 4. The summed E-state index contributed by atoms with van der Waals surface area (Å²) in [4.78, 5) is 24.0. The molecule has 0 saturated carbocycles. The third-order valence-corrected chi connectivity index (χ3v) is 4.00. The van der Waals surface area contributed by atoms with Crippen molar-refractivity contribution in [3.05, 3.63) is 60.2 Å². The zero-order valence-electron chi connectivity index (χ0n) is 12.7. The number of carbonyl (C=O) groups excluding carboxylic acids is 2. The van der Waals surface area contributed by atoms with Crippen LogP contribution in [-0.4, -0.2) is 24.9 Å². The van der Waals surface area contributed by atoms with E-state index in [-0.39, 0.29) is 5.91 Å². The van der Waals surface area contributed by atoms with Crippen LogP contribution >= 0.6 is 11.8 Å². The molecule has 0 aromatic heterocycles. The Labute approximate surface area is 139 Å². The van der Waals surface area contributed by atoms with Crippen molar-refractivity contribution in [1.82, 2.24) is 5.32 Å². The summed E-state index contributed by atoms with van der Waals surface area (Å²) in [6.45, 7) is 0.451. The summed E-state index contributed by atoms with van der Waals surface area (Å²) in [5, 5.41) is 5.44. The summed E-state index contributed by atoms with van der Waals surface area (Å²) in [5.74, 6) is 0.363. The van der Waals surface area contributed by atoms with Crippen molar-refractivity contribution in [2.45, 2.75) is 11.4 Å². The van der Waals surface area contributed by atoms with E-state index in [9.17, 15) is 9.59 Å². The van der Waals surface area contributed by atoms with Crippen LogP contribution in [0.2, 0.25) is 0 Å². The Bertz CT molecular complexity index is 645. The van der Waals surface area contributed by atoms with Crippen LogP contribution in [0.5, 0.6) is 0 Å². The number of methoxy groups -OCH3 is 1. The van der Waals surface area contributed by atoms with Crippen LogP contribution in [-0.2, 0) is 16.1 Å². The van der Waals surface area contributed by atoms with Gasteiger partial charge >= 0.3 is 6.09 Å². The van der Waals surface area contributed by atoms with E-state index in [4.69, 9.17) is 0 Å². The first-order valence-electron chi connectivity index (χ1n) is 7.06. The fourth-order valence-corrected chi connectivity index (χ4v) is 2.54. The van der Waals surface area contributed by atoms with Crippen LogP contribution in [0.25, 0.3) is 0 Å². The van der Waals surface area contributed by atoms with E-state index in [1.807, 2.05) is 42.5 Å². The van der Waals surface area contributed by atoms with Gasteiger partial charge < -0.3 is 10.1 Å². The van der Waals surface area contributed by atoms with Crippen molar-refractivity contribution >= 4 is 29.4 Å². The summed E-state index contributed by atoms with van der Waals surface area (Å²) < 4.78 is 4.52. The molecule has 2 aromatic carbocycles. The zero-order chi connectivity index (χ0) is 16.5. The SMILES string of the molecule is COC(=O)Nc1ccc(CNC(=O)CSc2ccccc2)cc1. The van der Waals surface area contributed by atoms with Gasteiger partial charge in [-0.3, -0.25) is 10.1 Å². The van der Waals surface area contributed by atoms with Crippen molar-refractivity contribution in [2.24, 2.45) is 0 Å². The highest BCUT2D eigenvalue weighted by Crippen LogP contribution is 2.16. The first-order valence-corrected chi connectivity index (χ1v) is 8.04. The van der Waals surface area contributed by atoms with E-state index in [0.29, 0.717) is 18.0 Å². The number of anilines is 1. The van der Waals surface area contributed by atoms with E-state index < -0.39 is 6.09 Å². The van der Waals surface area contributed by atoms with Gasteiger partial charge in [-0.05, 0) is 29.8 Å². The molecule has 0 radical (unpaired) electrons. The molecule has 120 valence electrons.